The van der Waals surface area contributed by atoms with E-state index in [1.165, 1.54) is 45.3 Å². The topological polar surface area (TPSA) is 510 Å². The van der Waals surface area contributed by atoms with Crippen molar-refractivity contribution in [1.29, 1.82) is 15.8 Å². The minimum atomic E-state index is -4.31. The van der Waals surface area contributed by atoms with Crippen molar-refractivity contribution in [2.24, 2.45) is 16.7 Å². The number of anilines is 2. The number of fused-ring (bicyclic) bond motifs is 3. The Morgan fingerprint density at radius 3 is 1.48 bits per heavy atom. The highest BCUT2D eigenvalue weighted by atomic mass is 32.2. The molecule has 10 rings (SSSR count). The number of esters is 1. The highest BCUT2D eigenvalue weighted by Gasteiger charge is 2.60. The zero-order valence-electron chi connectivity index (χ0n) is 59.8. The van der Waals surface area contributed by atoms with Crippen LogP contribution in [0.5, 0.6) is 5.75 Å². The predicted molar refractivity (Wildman–Crippen MR) is 384 cm³/mol. The fourth-order valence-electron chi connectivity index (χ4n) is 11.2. The van der Waals surface area contributed by atoms with E-state index in [0.717, 1.165) is 36.4 Å². The Morgan fingerprint density at radius 1 is 0.632 bits per heavy atom. The fraction of sp³-hybridized carbons (Fsp3) is 0.529. The van der Waals surface area contributed by atoms with Crippen LogP contribution in [0.15, 0.2) is 97.6 Å². The van der Waals surface area contributed by atoms with Gasteiger partial charge >= 0.3 is 21.5 Å². The highest BCUT2D eigenvalue weighted by Crippen LogP contribution is 2.52. The first-order chi connectivity index (χ1) is 50.1. The van der Waals surface area contributed by atoms with Gasteiger partial charge in [-0.2, -0.15) is 36.2 Å². The number of aryl methyl sites for hydroxylation is 1. The molecule has 12 N–H and O–H groups in total. The summed E-state index contributed by atoms with van der Waals surface area (Å²) in [5, 5.41) is 118. The molecule has 0 bridgehead atoms. The number of aliphatic hydroxyl groups excluding tert-OH is 7. The molecular formula is C68H89N13O21P2S2. The Bertz CT molecular complexity index is 4410. The maximum atomic E-state index is 13.9. The van der Waals surface area contributed by atoms with Crippen LogP contribution >= 0.6 is 39.1 Å². The smallest absolute Gasteiger partial charge is 0.464 e. The number of nitrogens with zero attached hydrogens (tertiary/aromatic N) is 10. The van der Waals surface area contributed by atoms with E-state index < -0.39 is 130 Å². The number of aliphatic hydroxyl groups is 7. The second-order valence-corrected chi connectivity index (χ2v) is 32.5. The van der Waals surface area contributed by atoms with Gasteiger partial charge in [0.2, 0.25) is 16.8 Å². The van der Waals surface area contributed by atoms with E-state index in [1.807, 2.05) is 32.1 Å². The number of nitrogen functional groups attached to an aromatic ring is 2. The number of aromatic nitrogens is 7. The second kappa shape index (κ2) is 35.2. The van der Waals surface area contributed by atoms with Crippen LogP contribution in [0.1, 0.15) is 97.9 Å². The van der Waals surface area contributed by atoms with Crippen molar-refractivity contribution in [2.45, 2.75) is 160 Å². The first kappa shape index (κ1) is 84.1. The van der Waals surface area contributed by atoms with E-state index in [9.17, 15) is 75.0 Å². The Morgan fingerprint density at radius 2 is 1.06 bits per heavy atom. The quantitative estimate of drug-likeness (QED) is 0.0177. The van der Waals surface area contributed by atoms with Crippen LogP contribution in [-0.2, 0) is 77.4 Å². The Kier molecular flexibility index (Phi) is 27.9. The number of phosphoric acid groups is 1. The van der Waals surface area contributed by atoms with Crippen LogP contribution in [-0.4, -0.2) is 198 Å². The van der Waals surface area contributed by atoms with Gasteiger partial charge in [-0.25, -0.2) is 27.7 Å². The molecule has 0 saturated carbocycles. The SMILES string of the molecule is CCC(CC)COC(=O)[C@H](C)NP(=O)(OC[C@H]1O[C@@](C#N)(c2ccc3c(N)ccnn23)[C@H](O)[C@@H]1O)Oc1ccccc1.Cc1ncnn2c([C@]3(C#N)O[C@H](COP(=O)(OCCSC(=O)C(C)(C)C)OCCSC(=O)C(C)(C)C)[C@@H](O)[C@H]3O)ccc12.N#C[C@@]1(c2ccc3c(N)ccnn23)O[C@H](CO)[C@@H](O)[C@H]1O. The lowest BCUT2D eigenvalue weighted by atomic mass is 9.92. The molecule has 0 aliphatic carbocycles. The standard InChI is InChI=1S/C28H36N5O8P.C27H39N4O9PS2.C13H14N4O4/c1-4-19(5-2)15-38-27(36)18(3)32-42(37,41-20-9-7-6-8-10-20)39-16-23-25(34)26(35)28(17-29,40-23)24-12-11-22-21(30)13-14-31-33(22)24;1-17-18-8-9-20(31(18)30-16-29-17)27(15-28)22(33)21(32)19(40-27)14-39-41(36,37-10-12-42-23(34)25(2,3)4)38-11-13-43-24(35)26(5,6)7;14-6-13(12(20)11(19)9(5-18)21-13)10-2-1-8-7(15)3-4-16-17(8)10/h6-14,18-19,23,25-26,34-35H,4-5,15-16,30H2,1-3H3,(H,32,37);8-9,16,19,21-22,32-33H,10-14H2,1-7H3;1-4,9,11-12,18-20H,5,15H2/t18-,23+,25+,26+,28-,42?;19-,21-,22-,27+;9-,11-,12-,13+/m011/s1. The normalized spacial score (nSPS) is 25.4. The Hall–Kier alpha value is -7.54. The van der Waals surface area contributed by atoms with Crippen molar-refractivity contribution >= 4 is 83.2 Å². The van der Waals surface area contributed by atoms with Crippen molar-refractivity contribution in [3.8, 4) is 24.0 Å². The number of ether oxygens (including phenoxy) is 4. The summed E-state index contributed by atoms with van der Waals surface area (Å²) in [5.41, 5.74) is 8.42. The Labute approximate surface area is 619 Å². The maximum Gasteiger partial charge on any atom is 0.474 e. The van der Waals surface area contributed by atoms with Gasteiger partial charge in [0.25, 0.3) is 0 Å². The number of nitrogens with one attached hydrogen (secondary N) is 1. The van der Waals surface area contributed by atoms with Crippen molar-refractivity contribution in [3.05, 3.63) is 120 Å². The van der Waals surface area contributed by atoms with Crippen LogP contribution in [0.3, 0.4) is 0 Å². The van der Waals surface area contributed by atoms with Gasteiger partial charge < -0.3 is 70.7 Å². The number of para-hydroxylation sites is 1. The lowest BCUT2D eigenvalue weighted by molar-refractivity contribution is -0.146. The number of nitrogens with two attached hydrogens (primary N) is 2. The summed E-state index contributed by atoms with van der Waals surface area (Å²) >= 11 is 2.03. The number of phosphoric ester groups is 1. The molecule has 574 valence electrons. The van der Waals surface area contributed by atoms with Crippen LogP contribution in [0.25, 0.3) is 16.6 Å². The average Bonchev–Trinajstić information content (AvgIpc) is 1.59. The molecule has 7 aromatic rings. The third-order valence-corrected chi connectivity index (χ3v) is 23.1. The number of nitriles is 3. The van der Waals surface area contributed by atoms with Gasteiger partial charge in [0.05, 0.1) is 90.3 Å². The number of thioether (sulfide) groups is 2. The molecule has 0 amide bonds. The second-order valence-electron chi connectivity index (χ2n) is 27.0. The van der Waals surface area contributed by atoms with Crippen LogP contribution in [0.4, 0.5) is 11.4 Å². The van der Waals surface area contributed by atoms with Crippen molar-refractivity contribution in [3.63, 3.8) is 0 Å². The summed E-state index contributed by atoms with van der Waals surface area (Å²) in [4.78, 5) is 41.3. The molecule has 1 unspecified atom stereocenters. The zero-order valence-corrected chi connectivity index (χ0v) is 63.3. The van der Waals surface area contributed by atoms with Gasteiger partial charge in [0.15, 0.2) is 10.2 Å². The van der Waals surface area contributed by atoms with E-state index in [2.05, 4.69) is 25.4 Å². The van der Waals surface area contributed by atoms with Gasteiger partial charge in [-0.05, 0) is 80.4 Å². The molecule has 34 nitrogen and oxygen atoms in total. The van der Waals surface area contributed by atoms with Crippen LogP contribution in [0.2, 0.25) is 0 Å². The summed E-state index contributed by atoms with van der Waals surface area (Å²) in [6.07, 6.45) is -7.37. The predicted octanol–water partition coefficient (Wildman–Crippen LogP) is 5.31. The molecule has 9 heterocycles. The van der Waals surface area contributed by atoms with Crippen LogP contribution < -0.4 is 21.1 Å². The highest BCUT2D eigenvalue weighted by molar-refractivity contribution is 8.14. The molecular weight excluding hydrogens is 1460 g/mol. The number of hydrogen-bond donors (Lipinski definition) is 10. The molecule has 106 heavy (non-hydrogen) atoms. The first-order valence-corrected chi connectivity index (χ1v) is 38.6. The number of rotatable bonds is 27. The molecule has 3 aliphatic rings. The van der Waals surface area contributed by atoms with E-state index >= 15 is 0 Å². The molecule has 3 aliphatic heterocycles. The Balaban J connectivity index is 0.000000212. The molecule has 0 spiro atoms. The van der Waals surface area contributed by atoms with Gasteiger partial charge in [0.1, 0.15) is 91.3 Å². The average molecular weight is 1550 g/mol. The van der Waals surface area contributed by atoms with Gasteiger partial charge in [-0.15, -0.1) is 0 Å². The van der Waals surface area contributed by atoms with Crippen LogP contribution in [0, 0.1) is 57.7 Å². The molecule has 0 radical (unpaired) electrons. The lowest BCUT2D eigenvalue weighted by Crippen LogP contribution is -2.41. The number of carbonyl (C=O) groups is 3. The van der Waals surface area contributed by atoms with E-state index in [0.29, 0.717) is 33.6 Å². The molecule has 3 fully saturated rings. The lowest BCUT2D eigenvalue weighted by Gasteiger charge is -2.25. The minimum absolute atomic E-state index is 0.0764. The van der Waals surface area contributed by atoms with Gasteiger partial charge in [-0.1, -0.05) is 110 Å². The van der Waals surface area contributed by atoms with Gasteiger partial charge in [0, 0.05) is 34.7 Å². The molecule has 14 atom stereocenters. The van der Waals surface area contributed by atoms with E-state index in [1.54, 1.807) is 121 Å². The first-order valence-electron chi connectivity index (χ1n) is 33.6. The summed E-state index contributed by atoms with van der Waals surface area (Å²) in [6, 6.07) is 25.6. The molecule has 38 heteroatoms. The number of benzene rings is 1. The summed E-state index contributed by atoms with van der Waals surface area (Å²) in [6.45, 7) is 16.1. The summed E-state index contributed by atoms with van der Waals surface area (Å²) in [5.74, 6) is 0.0810. The number of carbonyl (C=O) groups excluding carboxylic acids is 3. The molecule has 3 saturated heterocycles. The summed E-state index contributed by atoms with van der Waals surface area (Å²) in [7, 11) is -8.61. The van der Waals surface area contributed by atoms with Crippen molar-refractivity contribution in [2.75, 3.05) is 62.6 Å². The minimum Gasteiger partial charge on any atom is -0.464 e. The third-order valence-electron chi connectivity index (χ3n) is 17.5. The van der Waals surface area contributed by atoms with E-state index in [-0.39, 0.29) is 70.3 Å². The van der Waals surface area contributed by atoms with Gasteiger partial charge in [-0.3, -0.25) is 32.5 Å². The monoisotopic (exact) mass is 1550 g/mol. The molecule has 1 aromatic carbocycles. The molecule has 6 aromatic heterocycles. The van der Waals surface area contributed by atoms with E-state index in [4.69, 9.17) is 53.0 Å². The summed E-state index contributed by atoms with van der Waals surface area (Å²) < 4.78 is 82.0. The largest absolute Gasteiger partial charge is 0.474 e. The zero-order chi connectivity index (χ0) is 77.9. The fourth-order valence-corrected chi connectivity index (χ4v) is 15.7. The number of hydrogen-bond acceptors (Lipinski definition) is 32. The van der Waals surface area contributed by atoms with Crippen molar-refractivity contribution in [1.82, 2.24) is 38.9 Å². The third kappa shape index (κ3) is 18.4. The van der Waals surface area contributed by atoms with Crippen molar-refractivity contribution < 1.29 is 101 Å². The maximum absolute atomic E-state index is 13.9.